The number of nitro benzene ring substituents is 1. The summed E-state index contributed by atoms with van der Waals surface area (Å²) in [6.45, 7) is 0.639. The summed E-state index contributed by atoms with van der Waals surface area (Å²) in [4.78, 5) is 24.4. The SMILES string of the molecule is O=C(Oc1ccc([N+](=O)[O-])cc1)N1C[C@@H]2C[C@@H]2c2c(Br)cccc21. The van der Waals surface area contributed by atoms with E-state index in [1.165, 1.54) is 24.3 Å². The number of hydrogen-bond acceptors (Lipinski definition) is 4. The minimum atomic E-state index is -0.489. The van der Waals surface area contributed by atoms with Crippen molar-refractivity contribution >= 4 is 33.4 Å². The Morgan fingerprint density at radius 3 is 2.71 bits per heavy atom. The summed E-state index contributed by atoms with van der Waals surface area (Å²) in [5.41, 5.74) is 1.99. The normalized spacial score (nSPS) is 20.8. The van der Waals surface area contributed by atoms with Crippen molar-refractivity contribution < 1.29 is 14.5 Å². The Labute approximate surface area is 146 Å². The number of amides is 1. The number of anilines is 1. The lowest BCUT2D eigenvalue weighted by Crippen LogP contribution is -2.38. The highest BCUT2D eigenvalue weighted by atomic mass is 79.9. The third-order valence-electron chi connectivity index (χ3n) is 4.50. The number of nitro groups is 1. The molecular weight excluding hydrogens is 376 g/mol. The molecule has 1 aliphatic heterocycles. The van der Waals surface area contributed by atoms with Crippen molar-refractivity contribution in [2.24, 2.45) is 5.92 Å². The zero-order chi connectivity index (χ0) is 16.8. The third kappa shape index (κ3) is 2.54. The van der Waals surface area contributed by atoms with E-state index in [1.54, 1.807) is 4.90 Å². The van der Waals surface area contributed by atoms with Crippen molar-refractivity contribution in [3.8, 4) is 5.75 Å². The Morgan fingerprint density at radius 2 is 2.00 bits per heavy atom. The molecule has 1 fully saturated rings. The van der Waals surface area contributed by atoms with Gasteiger partial charge in [0.05, 0.1) is 10.6 Å². The first kappa shape index (κ1) is 15.1. The maximum absolute atomic E-state index is 12.6. The van der Waals surface area contributed by atoms with Crippen LogP contribution in [0.1, 0.15) is 17.9 Å². The molecular formula is C17H13BrN2O4. The number of nitrogens with zero attached hydrogens (tertiary/aromatic N) is 2. The van der Waals surface area contributed by atoms with Crippen molar-refractivity contribution in [2.45, 2.75) is 12.3 Å². The first-order chi connectivity index (χ1) is 11.5. The summed E-state index contributed by atoms with van der Waals surface area (Å²) in [5.74, 6) is 1.28. The van der Waals surface area contributed by atoms with Crippen LogP contribution in [0, 0.1) is 16.0 Å². The van der Waals surface area contributed by atoms with Gasteiger partial charge in [0.2, 0.25) is 0 Å². The van der Waals surface area contributed by atoms with Gasteiger partial charge >= 0.3 is 6.09 Å². The Bertz CT molecular complexity index is 837. The van der Waals surface area contributed by atoms with Crippen molar-refractivity contribution in [1.29, 1.82) is 0 Å². The molecule has 7 heteroatoms. The highest BCUT2D eigenvalue weighted by Crippen LogP contribution is 2.56. The topological polar surface area (TPSA) is 72.7 Å². The number of carbonyl (C=O) groups is 1. The van der Waals surface area contributed by atoms with E-state index in [4.69, 9.17) is 4.74 Å². The molecule has 4 rings (SSSR count). The summed E-state index contributed by atoms with van der Waals surface area (Å²) in [6, 6.07) is 11.3. The van der Waals surface area contributed by atoms with E-state index in [2.05, 4.69) is 15.9 Å². The van der Waals surface area contributed by atoms with Crippen LogP contribution in [0.2, 0.25) is 0 Å². The first-order valence-electron chi connectivity index (χ1n) is 7.57. The molecule has 0 saturated heterocycles. The van der Waals surface area contributed by atoms with Gasteiger partial charge in [-0.1, -0.05) is 22.0 Å². The molecule has 24 heavy (non-hydrogen) atoms. The minimum absolute atomic E-state index is 0.0390. The number of rotatable bonds is 2. The molecule has 2 atom stereocenters. The van der Waals surface area contributed by atoms with Crippen LogP contribution < -0.4 is 9.64 Å². The maximum Gasteiger partial charge on any atom is 0.419 e. The number of halogens is 1. The number of ether oxygens (including phenoxy) is 1. The van der Waals surface area contributed by atoms with E-state index in [1.807, 2.05) is 18.2 Å². The molecule has 0 unspecified atom stereocenters. The van der Waals surface area contributed by atoms with Gasteiger partial charge in [0.15, 0.2) is 0 Å². The van der Waals surface area contributed by atoms with Crippen LogP contribution in [0.5, 0.6) is 5.75 Å². The number of fused-ring (bicyclic) bond motifs is 3. The van der Waals surface area contributed by atoms with Crippen LogP contribution in [-0.2, 0) is 0 Å². The zero-order valence-corrected chi connectivity index (χ0v) is 14.1. The van der Waals surface area contributed by atoms with Gasteiger partial charge in [-0.25, -0.2) is 4.79 Å². The van der Waals surface area contributed by atoms with E-state index in [0.717, 1.165) is 22.1 Å². The molecule has 6 nitrogen and oxygen atoms in total. The van der Waals surface area contributed by atoms with Crippen molar-refractivity contribution in [3.05, 3.63) is 62.6 Å². The fraction of sp³-hybridized carbons (Fsp3) is 0.235. The van der Waals surface area contributed by atoms with Crippen molar-refractivity contribution in [1.82, 2.24) is 0 Å². The molecule has 0 N–H and O–H groups in total. The Balaban J connectivity index is 1.58. The lowest BCUT2D eigenvalue weighted by Gasteiger charge is -2.28. The smallest absolute Gasteiger partial charge is 0.410 e. The molecule has 0 aromatic heterocycles. The first-order valence-corrected chi connectivity index (χ1v) is 8.36. The minimum Gasteiger partial charge on any atom is -0.410 e. The van der Waals surface area contributed by atoms with Crippen LogP contribution in [0.4, 0.5) is 16.2 Å². The average molecular weight is 389 g/mol. The second-order valence-corrected chi connectivity index (χ2v) is 6.86. The van der Waals surface area contributed by atoms with Gasteiger partial charge in [-0.3, -0.25) is 15.0 Å². The van der Waals surface area contributed by atoms with E-state index in [9.17, 15) is 14.9 Å². The highest BCUT2D eigenvalue weighted by molar-refractivity contribution is 9.10. The molecule has 1 aliphatic carbocycles. The van der Waals surface area contributed by atoms with Gasteiger partial charge in [0.1, 0.15) is 5.75 Å². The van der Waals surface area contributed by atoms with Crippen LogP contribution in [-0.4, -0.2) is 17.6 Å². The van der Waals surface area contributed by atoms with E-state index < -0.39 is 11.0 Å². The van der Waals surface area contributed by atoms with E-state index in [0.29, 0.717) is 24.1 Å². The third-order valence-corrected chi connectivity index (χ3v) is 5.20. The van der Waals surface area contributed by atoms with E-state index in [-0.39, 0.29) is 5.69 Å². The molecule has 0 spiro atoms. The molecule has 122 valence electrons. The number of carbonyl (C=O) groups excluding carboxylic acids is 1. The Morgan fingerprint density at radius 1 is 1.25 bits per heavy atom. The predicted octanol–water partition coefficient (Wildman–Crippen LogP) is 4.48. The lowest BCUT2D eigenvalue weighted by atomic mass is 10.0. The van der Waals surface area contributed by atoms with Crippen LogP contribution in [0.25, 0.3) is 0 Å². The van der Waals surface area contributed by atoms with Gasteiger partial charge in [0, 0.05) is 23.2 Å². The van der Waals surface area contributed by atoms with Gasteiger partial charge in [-0.15, -0.1) is 0 Å². The maximum atomic E-state index is 12.6. The molecule has 1 amide bonds. The zero-order valence-electron chi connectivity index (χ0n) is 12.5. The van der Waals surface area contributed by atoms with Crippen molar-refractivity contribution in [2.75, 3.05) is 11.4 Å². The average Bonchev–Trinajstić information content (AvgIpc) is 3.34. The van der Waals surface area contributed by atoms with Crippen LogP contribution in [0.15, 0.2) is 46.9 Å². The number of benzene rings is 2. The summed E-state index contributed by atoms with van der Waals surface area (Å²) in [5, 5.41) is 10.7. The standard InChI is InChI=1S/C17H13BrN2O4/c18-14-2-1-3-15-16(14)13-8-10(13)9-19(15)17(21)24-12-6-4-11(5-7-12)20(22)23/h1-7,10,13H,8-9H2/t10-,13-/m0/s1. The second-order valence-electron chi connectivity index (χ2n) is 6.00. The Hall–Kier alpha value is -2.41. The summed E-state index contributed by atoms with van der Waals surface area (Å²) < 4.78 is 6.42. The second kappa shape index (κ2) is 5.59. The van der Waals surface area contributed by atoms with Gasteiger partial charge in [-0.2, -0.15) is 0 Å². The summed E-state index contributed by atoms with van der Waals surface area (Å²) >= 11 is 3.57. The van der Waals surface area contributed by atoms with Gasteiger partial charge in [-0.05, 0) is 48.1 Å². The highest BCUT2D eigenvalue weighted by Gasteiger charge is 2.47. The number of non-ortho nitro benzene ring substituents is 1. The molecule has 1 saturated carbocycles. The fourth-order valence-corrected chi connectivity index (χ4v) is 3.88. The van der Waals surface area contributed by atoms with E-state index >= 15 is 0 Å². The van der Waals surface area contributed by atoms with Gasteiger partial charge in [0.25, 0.3) is 5.69 Å². The monoisotopic (exact) mass is 388 g/mol. The molecule has 0 bridgehead atoms. The number of hydrogen-bond donors (Lipinski definition) is 0. The van der Waals surface area contributed by atoms with Crippen molar-refractivity contribution in [3.63, 3.8) is 0 Å². The van der Waals surface area contributed by atoms with Crippen LogP contribution >= 0.6 is 15.9 Å². The fourth-order valence-electron chi connectivity index (χ4n) is 3.23. The lowest BCUT2D eigenvalue weighted by molar-refractivity contribution is -0.384. The van der Waals surface area contributed by atoms with Crippen LogP contribution in [0.3, 0.4) is 0 Å². The molecule has 0 radical (unpaired) electrons. The molecule has 2 aromatic rings. The Kier molecular flexibility index (Phi) is 3.53. The quantitative estimate of drug-likeness (QED) is 0.561. The van der Waals surface area contributed by atoms with Gasteiger partial charge < -0.3 is 4.74 Å². The largest absolute Gasteiger partial charge is 0.419 e. The summed E-state index contributed by atoms with van der Waals surface area (Å²) in [7, 11) is 0. The summed E-state index contributed by atoms with van der Waals surface area (Å²) in [6.07, 6.45) is 0.616. The molecule has 1 heterocycles. The molecule has 2 aliphatic rings. The molecule has 2 aromatic carbocycles. The predicted molar refractivity (Wildman–Crippen MR) is 91.5 cm³/mol.